The van der Waals surface area contributed by atoms with E-state index in [1.165, 1.54) is 23.3 Å². The van der Waals surface area contributed by atoms with Crippen molar-refractivity contribution in [1.82, 2.24) is 10.3 Å². The van der Waals surface area contributed by atoms with Crippen LogP contribution in [-0.2, 0) is 0 Å². The summed E-state index contributed by atoms with van der Waals surface area (Å²) in [6.07, 6.45) is 6.25. The van der Waals surface area contributed by atoms with Crippen molar-refractivity contribution < 1.29 is 0 Å². The lowest BCUT2D eigenvalue weighted by atomic mass is 9.90. The molecule has 0 spiro atoms. The Balaban J connectivity index is 1.65. The van der Waals surface area contributed by atoms with Crippen LogP contribution in [0.2, 0.25) is 0 Å². The topological polar surface area (TPSA) is 24.9 Å². The molecule has 3 rings (SSSR count). The highest BCUT2D eigenvalue weighted by Crippen LogP contribution is 2.32. The molecule has 0 aliphatic carbocycles. The maximum Gasteiger partial charge on any atom is 0.0321 e. The van der Waals surface area contributed by atoms with E-state index in [1.807, 2.05) is 23.7 Å². The van der Waals surface area contributed by atoms with Gasteiger partial charge in [-0.1, -0.05) is 6.07 Å². The molecular weight excluding hydrogens is 228 g/mol. The normalized spacial score (nSPS) is 24.7. The van der Waals surface area contributed by atoms with E-state index in [2.05, 4.69) is 39.9 Å². The second-order valence-corrected chi connectivity index (χ2v) is 5.51. The Labute approximate surface area is 106 Å². The van der Waals surface area contributed by atoms with Crippen molar-refractivity contribution in [2.75, 3.05) is 6.54 Å². The summed E-state index contributed by atoms with van der Waals surface area (Å²) in [6, 6.07) is 9.14. The molecule has 0 aromatic carbocycles. The maximum absolute atomic E-state index is 4.07. The average molecular weight is 244 g/mol. The van der Waals surface area contributed by atoms with Gasteiger partial charge in [0, 0.05) is 35.8 Å². The van der Waals surface area contributed by atoms with Crippen LogP contribution in [0.4, 0.5) is 0 Å². The fourth-order valence-corrected chi connectivity index (χ4v) is 3.37. The SMILES string of the molecule is c1csc([C@@H]2CC[C@H](c3ccncc3)NC2)c1. The first kappa shape index (κ1) is 10.9. The average Bonchev–Trinajstić information content (AvgIpc) is 2.94. The van der Waals surface area contributed by atoms with E-state index in [9.17, 15) is 0 Å². The van der Waals surface area contributed by atoms with Gasteiger partial charge in [0.05, 0.1) is 0 Å². The molecule has 1 aliphatic rings. The third-order valence-electron chi connectivity index (χ3n) is 3.47. The zero-order valence-corrected chi connectivity index (χ0v) is 10.5. The minimum absolute atomic E-state index is 0.509. The molecule has 0 saturated carbocycles. The van der Waals surface area contributed by atoms with E-state index >= 15 is 0 Å². The number of hydrogen-bond donors (Lipinski definition) is 1. The molecule has 17 heavy (non-hydrogen) atoms. The van der Waals surface area contributed by atoms with Crippen LogP contribution in [0.5, 0.6) is 0 Å². The van der Waals surface area contributed by atoms with Gasteiger partial charge in [-0.25, -0.2) is 0 Å². The number of nitrogens with one attached hydrogen (secondary N) is 1. The number of pyridine rings is 1. The van der Waals surface area contributed by atoms with Crippen LogP contribution in [0, 0.1) is 0 Å². The quantitative estimate of drug-likeness (QED) is 0.876. The first-order valence-corrected chi connectivity index (χ1v) is 6.98. The Morgan fingerprint density at radius 3 is 2.71 bits per heavy atom. The standard InChI is InChI=1S/C14H16N2S/c1-2-14(17-9-1)12-3-4-13(16-10-12)11-5-7-15-8-6-11/h1-2,5-9,12-13,16H,3-4,10H2/t12-,13-/m1/s1. The summed E-state index contributed by atoms with van der Waals surface area (Å²) in [6.45, 7) is 1.09. The molecule has 3 heterocycles. The van der Waals surface area contributed by atoms with Crippen molar-refractivity contribution >= 4 is 11.3 Å². The van der Waals surface area contributed by atoms with Gasteiger partial charge in [0.2, 0.25) is 0 Å². The van der Waals surface area contributed by atoms with Gasteiger partial charge in [0.1, 0.15) is 0 Å². The monoisotopic (exact) mass is 244 g/mol. The van der Waals surface area contributed by atoms with Crippen molar-refractivity contribution in [2.45, 2.75) is 24.8 Å². The van der Waals surface area contributed by atoms with Crippen LogP contribution in [0.1, 0.15) is 35.2 Å². The lowest BCUT2D eigenvalue weighted by Crippen LogP contribution is -2.31. The van der Waals surface area contributed by atoms with E-state index in [0.29, 0.717) is 12.0 Å². The molecule has 3 heteroatoms. The Morgan fingerprint density at radius 1 is 1.18 bits per heavy atom. The minimum Gasteiger partial charge on any atom is -0.309 e. The Bertz CT molecular complexity index is 444. The molecule has 1 fully saturated rings. The van der Waals surface area contributed by atoms with E-state index in [1.54, 1.807) is 0 Å². The van der Waals surface area contributed by atoms with Gasteiger partial charge < -0.3 is 5.32 Å². The van der Waals surface area contributed by atoms with Crippen LogP contribution >= 0.6 is 11.3 Å². The molecule has 1 aliphatic heterocycles. The molecular formula is C14H16N2S. The molecule has 2 aromatic rings. The molecule has 2 nitrogen and oxygen atoms in total. The van der Waals surface area contributed by atoms with E-state index in [0.717, 1.165) is 6.54 Å². The fourth-order valence-electron chi connectivity index (χ4n) is 2.50. The van der Waals surface area contributed by atoms with Crippen LogP contribution in [0.15, 0.2) is 42.0 Å². The van der Waals surface area contributed by atoms with Crippen molar-refractivity contribution in [3.63, 3.8) is 0 Å². The first-order valence-electron chi connectivity index (χ1n) is 6.10. The summed E-state index contributed by atoms with van der Waals surface area (Å²) < 4.78 is 0. The fraction of sp³-hybridized carbons (Fsp3) is 0.357. The van der Waals surface area contributed by atoms with Crippen LogP contribution in [0.3, 0.4) is 0 Å². The third kappa shape index (κ3) is 2.40. The summed E-state index contributed by atoms with van der Waals surface area (Å²) in [5, 5.41) is 5.82. The summed E-state index contributed by atoms with van der Waals surface area (Å²) in [5.41, 5.74) is 1.37. The predicted octanol–water partition coefficient (Wildman–Crippen LogP) is 3.35. The zero-order valence-electron chi connectivity index (χ0n) is 9.67. The molecule has 1 N–H and O–H groups in total. The van der Waals surface area contributed by atoms with Crippen LogP contribution < -0.4 is 5.32 Å². The van der Waals surface area contributed by atoms with E-state index in [4.69, 9.17) is 0 Å². The number of nitrogens with zero attached hydrogens (tertiary/aromatic N) is 1. The van der Waals surface area contributed by atoms with Gasteiger partial charge in [-0.3, -0.25) is 4.98 Å². The first-order chi connectivity index (χ1) is 8.43. The predicted molar refractivity (Wildman–Crippen MR) is 71.3 cm³/mol. The van der Waals surface area contributed by atoms with Gasteiger partial charge in [0.25, 0.3) is 0 Å². The maximum atomic E-state index is 4.07. The minimum atomic E-state index is 0.509. The molecule has 2 aromatic heterocycles. The van der Waals surface area contributed by atoms with Crippen molar-refractivity contribution in [3.8, 4) is 0 Å². The Hall–Kier alpha value is -1.19. The second kappa shape index (κ2) is 4.98. The van der Waals surface area contributed by atoms with Gasteiger partial charge in [-0.2, -0.15) is 0 Å². The number of piperidine rings is 1. The Morgan fingerprint density at radius 2 is 2.06 bits per heavy atom. The molecule has 2 atom stereocenters. The van der Waals surface area contributed by atoms with Gasteiger partial charge in [-0.05, 0) is 42.0 Å². The number of hydrogen-bond acceptors (Lipinski definition) is 3. The van der Waals surface area contributed by atoms with Crippen LogP contribution in [0.25, 0.3) is 0 Å². The van der Waals surface area contributed by atoms with Gasteiger partial charge >= 0.3 is 0 Å². The highest BCUT2D eigenvalue weighted by molar-refractivity contribution is 7.10. The Kier molecular flexibility index (Phi) is 3.20. The molecule has 0 bridgehead atoms. The van der Waals surface area contributed by atoms with Gasteiger partial charge in [-0.15, -0.1) is 11.3 Å². The highest BCUT2D eigenvalue weighted by Gasteiger charge is 2.23. The van der Waals surface area contributed by atoms with E-state index < -0.39 is 0 Å². The smallest absolute Gasteiger partial charge is 0.0321 e. The van der Waals surface area contributed by atoms with Crippen molar-refractivity contribution in [3.05, 3.63) is 52.5 Å². The second-order valence-electron chi connectivity index (χ2n) is 4.53. The summed E-state index contributed by atoms with van der Waals surface area (Å²) in [7, 11) is 0. The number of rotatable bonds is 2. The summed E-state index contributed by atoms with van der Waals surface area (Å²) in [5.74, 6) is 0.702. The molecule has 1 saturated heterocycles. The van der Waals surface area contributed by atoms with Gasteiger partial charge in [0.15, 0.2) is 0 Å². The summed E-state index contributed by atoms with van der Waals surface area (Å²) in [4.78, 5) is 5.59. The number of aromatic nitrogens is 1. The molecule has 0 unspecified atom stereocenters. The number of thiophene rings is 1. The summed E-state index contributed by atoms with van der Waals surface area (Å²) >= 11 is 1.88. The van der Waals surface area contributed by atoms with Crippen molar-refractivity contribution in [1.29, 1.82) is 0 Å². The lowest BCUT2D eigenvalue weighted by molar-refractivity contribution is 0.376. The molecule has 0 radical (unpaired) electrons. The highest BCUT2D eigenvalue weighted by atomic mass is 32.1. The lowest BCUT2D eigenvalue weighted by Gasteiger charge is -2.29. The molecule has 0 amide bonds. The van der Waals surface area contributed by atoms with Crippen molar-refractivity contribution in [2.24, 2.45) is 0 Å². The third-order valence-corrected chi connectivity index (χ3v) is 4.50. The van der Waals surface area contributed by atoms with Crippen LogP contribution in [-0.4, -0.2) is 11.5 Å². The molecule has 88 valence electrons. The largest absolute Gasteiger partial charge is 0.309 e. The zero-order chi connectivity index (χ0) is 11.5. The van der Waals surface area contributed by atoms with E-state index in [-0.39, 0.29) is 0 Å².